The summed E-state index contributed by atoms with van der Waals surface area (Å²) in [5.41, 5.74) is 3.00. The predicted octanol–water partition coefficient (Wildman–Crippen LogP) is 2.99. The van der Waals surface area contributed by atoms with Crippen LogP contribution >= 0.6 is 11.6 Å². The van der Waals surface area contributed by atoms with Crippen LogP contribution in [0.2, 0.25) is 5.15 Å². The van der Waals surface area contributed by atoms with E-state index in [0.29, 0.717) is 5.15 Å². The molecule has 0 N–H and O–H groups in total. The lowest BCUT2D eigenvalue weighted by Gasteiger charge is -2.15. The van der Waals surface area contributed by atoms with E-state index >= 15 is 0 Å². The van der Waals surface area contributed by atoms with Gasteiger partial charge in [-0.1, -0.05) is 32.4 Å². The van der Waals surface area contributed by atoms with E-state index in [1.807, 2.05) is 13.0 Å². The minimum atomic E-state index is 0.0320. The first-order chi connectivity index (χ1) is 6.89. The van der Waals surface area contributed by atoms with E-state index in [2.05, 4.69) is 30.9 Å². The molecule has 2 aromatic heterocycles. The normalized spacial score (nSPS) is 12.3. The van der Waals surface area contributed by atoms with Crippen molar-refractivity contribution in [3.63, 3.8) is 0 Å². The maximum atomic E-state index is 5.85. The molecule has 2 rings (SSSR count). The van der Waals surface area contributed by atoms with Crippen LogP contribution in [0.4, 0.5) is 0 Å². The van der Waals surface area contributed by atoms with Crippen LogP contribution in [-0.2, 0) is 5.41 Å². The molecule has 0 fully saturated rings. The van der Waals surface area contributed by atoms with Crippen LogP contribution < -0.4 is 0 Å². The lowest BCUT2D eigenvalue weighted by Crippen LogP contribution is -2.13. The molecule has 0 saturated heterocycles. The zero-order valence-corrected chi connectivity index (χ0v) is 10.1. The largest absolute Gasteiger partial charge is 0.231 e. The van der Waals surface area contributed by atoms with Crippen LogP contribution in [0.15, 0.2) is 12.1 Å². The Morgan fingerprint density at radius 2 is 1.93 bits per heavy atom. The fraction of sp³-hybridized carbons (Fsp3) is 0.455. The van der Waals surface area contributed by atoms with Crippen LogP contribution in [0.25, 0.3) is 5.65 Å². The van der Waals surface area contributed by atoms with Crippen LogP contribution in [0.3, 0.4) is 0 Å². The van der Waals surface area contributed by atoms with Gasteiger partial charge in [-0.15, -0.1) is 0 Å². The fourth-order valence-electron chi connectivity index (χ4n) is 1.73. The highest BCUT2D eigenvalue weighted by Crippen LogP contribution is 2.25. The van der Waals surface area contributed by atoms with Crippen LogP contribution in [0.5, 0.6) is 0 Å². The standard InChI is InChI=1S/C11H14ClN3/c1-7-10(11(2,3)4)13-9-6-5-8(12)14-15(7)9/h5-6H,1-4H3. The second-order valence-corrected chi connectivity index (χ2v) is 5.11. The monoisotopic (exact) mass is 223 g/mol. The lowest BCUT2D eigenvalue weighted by atomic mass is 9.91. The quantitative estimate of drug-likeness (QED) is 0.687. The van der Waals surface area contributed by atoms with Gasteiger partial charge >= 0.3 is 0 Å². The summed E-state index contributed by atoms with van der Waals surface area (Å²) in [6.07, 6.45) is 0. The SMILES string of the molecule is Cc1c(C(C)(C)C)nc2ccc(Cl)nn12. The molecule has 0 amide bonds. The van der Waals surface area contributed by atoms with E-state index in [0.717, 1.165) is 17.0 Å². The molecule has 0 aliphatic rings. The summed E-state index contributed by atoms with van der Waals surface area (Å²) in [4.78, 5) is 4.57. The van der Waals surface area contributed by atoms with E-state index in [-0.39, 0.29) is 5.41 Å². The van der Waals surface area contributed by atoms with Crippen LogP contribution in [0.1, 0.15) is 32.2 Å². The van der Waals surface area contributed by atoms with Gasteiger partial charge in [0.1, 0.15) is 5.15 Å². The zero-order chi connectivity index (χ0) is 11.2. The third kappa shape index (κ3) is 1.72. The molecule has 0 aromatic carbocycles. The molecule has 0 saturated carbocycles. The molecule has 3 nitrogen and oxygen atoms in total. The Morgan fingerprint density at radius 3 is 2.53 bits per heavy atom. The Balaban J connectivity index is 2.76. The summed E-state index contributed by atoms with van der Waals surface area (Å²) in [6, 6.07) is 3.65. The number of halogens is 1. The highest BCUT2D eigenvalue weighted by atomic mass is 35.5. The van der Waals surface area contributed by atoms with Crippen molar-refractivity contribution in [2.75, 3.05) is 0 Å². The maximum absolute atomic E-state index is 5.85. The number of hydrogen-bond acceptors (Lipinski definition) is 2. The van der Waals surface area contributed by atoms with E-state index in [4.69, 9.17) is 11.6 Å². The Bertz CT molecular complexity index is 508. The first kappa shape index (κ1) is 10.4. The molecule has 0 bridgehead atoms. The van der Waals surface area contributed by atoms with Crippen LogP contribution in [0, 0.1) is 6.92 Å². The second kappa shape index (κ2) is 3.20. The van der Waals surface area contributed by atoms with Crippen molar-refractivity contribution in [3.8, 4) is 0 Å². The van der Waals surface area contributed by atoms with E-state index < -0.39 is 0 Å². The van der Waals surface area contributed by atoms with Gasteiger partial charge in [0.05, 0.1) is 11.4 Å². The molecule has 2 heterocycles. The molecule has 0 radical (unpaired) electrons. The molecule has 0 unspecified atom stereocenters. The highest BCUT2D eigenvalue weighted by Gasteiger charge is 2.21. The summed E-state index contributed by atoms with van der Waals surface area (Å²) < 4.78 is 1.79. The lowest BCUT2D eigenvalue weighted by molar-refractivity contribution is 0.567. The van der Waals surface area contributed by atoms with Crippen molar-refractivity contribution in [1.82, 2.24) is 14.6 Å². The maximum Gasteiger partial charge on any atom is 0.154 e. The van der Waals surface area contributed by atoms with Crippen molar-refractivity contribution < 1.29 is 0 Å². The number of aromatic nitrogens is 3. The first-order valence-corrected chi connectivity index (χ1v) is 5.30. The number of imidazole rings is 1. The Morgan fingerprint density at radius 1 is 1.27 bits per heavy atom. The summed E-state index contributed by atoms with van der Waals surface area (Å²) in [6.45, 7) is 8.44. The van der Waals surface area contributed by atoms with E-state index in [9.17, 15) is 0 Å². The summed E-state index contributed by atoms with van der Waals surface area (Å²) in [7, 11) is 0. The minimum absolute atomic E-state index is 0.0320. The van der Waals surface area contributed by atoms with Crippen LogP contribution in [-0.4, -0.2) is 14.6 Å². The van der Waals surface area contributed by atoms with Crippen molar-refractivity contribution >= 4 is 17.2 Å². The zero-order valence-electron chi connectivity index (χ0n) is 9.37. The predicted molar refractivity (Wildman–Crippen MR) is 61.4 cm³/mol. The molecule has 4 heteroatoms. The molecule has 0 aliphatic heterocycles. The van der Waals surface area contributed by atoms with Gasteiger partial charge < -0.3 is 0 Å². The van der Waals surface area contributed by atoms with E-state index in [1.54, 1.807) is 10.6 Å². The highest BCUT2D eigenvalue weighted by molar-refractivity contribution is 6.29. The molecule has 80 valence electrons. The van der Waals surface area contributed by atoms with Gasteiger partial charge in [-0.25, -0.2) is 9.50 Å². The minimum Gasteiger partial charge on any atom is -0.231 e. The number of hydrogen-bond donors (Lipinski definition) is 0. The Labute approximate surface area is 94.1 Å². The van der Waals surface area contributed by atoms with Gasteiger partial charge in [-0.2, -0.15) is 5.10 Å². The average molecular weight is 224 g/mol. The molecule has 2 aromatic rings. The third-order valence-electron chi connectivity index (χ3n) is 2.38. The Kier molecular flexibility index (Phi) is 2.23. The second-order valence-electron chi connectivity index (χ2n) is 4.72. The van der Waals surface area contributed by atoms with Gasteiger partial charge in [0.25, 0.3) is 0 Å². The van der Waals surface area contributed by atoms with Crippen molar-refractivity contribution in [2.24, 2.45) is 0 Å². The smallest absolute Gasteiger partial charge is 0.154 e. The number of fused-ring (bicyclic) bond motifs is 1. The number of nitrogens with zero attached hydrogens (tertiary/aromatic N) is 3. The van der Waals surface area contributed by atoms with Gasteiger partial charge in [0.15, 0.2) is 5.65 Å². The van der Waals surface area contributed by atoms with Crippen molar-refractivity contribution in [2.45, 2.75) is 33.1 Å². The van der Waals surface area contributed by atoms with Crippen molar-refractivity contribution in [3.05, 3.63) is 28.7 Å². The molecule has 0 spiro atoms. The molecular formula is C11H14ClN3. The third-order valence-corrected chi connectivity index (χ3v) is 2.58. The van der Waals surface area contributed by atoms with E-state index in [1.165, 1.54) is 0 Å². The topological polar surface area (TPSA) is 30.2 Å². The van der Waals surface area contributed by atoms with Crippen molar-refractivity contribution in [1.29, 1.82) is 0 Å². The summed E-state index contributed by atoms with van der Waals surface area (Å²) in [5.74, 6) is 0. The van der Waals surface area contributed by atoms with Gasteiger partial charge in [0, 0.05) is 5.41 Å². The van der Waals surface area contributed by atoms with Gasteiger partial charge in [-0.05, 0) is 19.1 Å². The molecule has 0 aliphatic carbocycles. The first-order valence-electron chi connectivity index (χ1n) is 4.92. The molecular weight excluding hydrogens is 210 g/mol. The number of rotatable bonds is 0. The average Bonchev–Trinajstić information content (AvgIpc) is 2.43. The Hall–Kier alpha value is -1.09. The summed E-state index contributed by atoms with van der Waals surface area (Å²) in [5, 5.41) is 4.72. The number of aryl methyl sites for hydroxylation is 1. The van der Waals surface area contributed by atoms with Gasteiger partial charge in [0.2, 0.25) is 0 Å². The molecule has 15 heavy (non-hydrogen) atoms. The van der Waals surface area contributed by atoms with Gasteiger partial charge in [-0.3, -0.25) is 0 Å². The fourth-order valence-corrected chi connectivity index (χ4v) is 1.87. The molecule has 0 atom stereocenters. The summed E-state index contributed by atoms with van der Waals surface area (Å²) >= 11 is 5.85.